The van der Waals surface area contributed by atoms with E-state index < -0.39 is 16.1 Å². The number of hydrazone groups is 1. The molecule has 1 aliphatic heterocycles. The van der Waals surface area contributed by atoms with E-state index in [1.807, 2.05) is 42.5 Å². The molecular formula is C26H22ClN3O4S. The first-order chi connectivity index (χ1) is 16.8. The van der Waals surface area contributed by atoms with Gasteiger partial charge in [0.15, 0.2) is 0 Å². The molecule has 7 nitrogen and oxygen atoms in total. The fourth-order valence-electron chi connectivity index (χ4n) is 4.46. The first-order valence-electron chi connectivity index (χ1n) is 10.9. The lowest BCUT2D eigenvalue weighted by atomic mass is 9.91. The third-order valence-electron chi connectivity index (χ3n) is 6.04. The van der Waals surface area contributed by atoms with Gasteiger partial charge in [0, 0.05) is 27.9 Å². The van der Waals surface area contributed by atoms with Crippen LogP contribution in [0.3, 0.4) is 0 Å². The van der Waals surface area contributed by atoms with Crippen LogP contribution in [0.25, 0.3) is 22.0 Å². The number of nitrogens with one attached hydrogen (secondary N) is 1. The van der Waals surface area contributed by atoms with Crippen LogP contribution in [-0.4, -0.2) is 36.9 Å². The molecule has 178 valence electrons. The Balaban J connectivity index is 1.74. The number of ether oxygens (including phenoxy) is 1. The van der Waals surface area contributed by atoms with Gasteiger partial charge in [0.2, 0.25) is 10.0 Å². The minimum Gasteiger partial charge on any atom is -0.497 e. The number of fused-ring (bicyclic) bond motifs is 1. The van der Waals surface area contributed by atoms with Crippen LogP contribution in [0.2, 0.25) is 5.02 Å². The molecule has 1 unspecified atom stereocenters. The van der Waals surface area contributed by atoms with Gasteiger partial charge in [-0.25, -0.2) is 8.42 Å². The molecule has 1 aromatic heterocycles. The van der Waals surface area contributed by atoms with Gasteiger partial charge in [-0.3, -0.25) is 4.79 Å². The molecule has 9 heteroatoms. The van der Waals surface area contributed by atoms with Crippen LogP contribution in [0.5, 0.6) is 5.75 Å². The Morgan fingerprint density at radius 1 is 1.03 bits per heavy atom. The van der Waals surface area contributed by atoms with Crippen molar-refractivity contribution in [1.29, 1.82) is 0 Å². The third-order valence-corrected chi connectivity index (χ3v) is 7.29. The molecule has 0 radical (unpaired) electrons. The van der Waals surface area contributed by atoms with Gasteiger partial charge in [-0.05, 0) is 41.5 Å². The van der Waals surface area contributed by atoms with Crippen molar-refractivity contribution in [3.63, 3.8) is 0 Å². The maximum Gasteiger partial charge on any atom is 0.258 e. The van der Waals surface area contributed by atoms with Crippen LogP contribution in [0.15, 0.2) is 82.7 Å². The highest BCUT2D eigenvalue weighted by Crippen LogP contribution is 2.38. The Labute approximate surface area is 207 Å². The molecule has 0 bridgehead atoms. The first-order valence-corrected chi connectivity index (χ1v) is 13.1. The topological polar surface area (TPSA) is 91.8 Å². The van der Waals surface area contributed by atoms with Gasteiger partial charge >= 0.3 is 0 Å². The first kappa shape index (κ1) is 23.1. The van der Waals surface area contributed by atoms with Crippen LogP contribution in [0, 0.1) is 0 Å². The summed E-state index contributed by atoms with van der Waals surface area (Å²) in [4.78, 5) is 16.3. The maximum absolute atomic E-state index is 13.4. The van der Waals surface area contributed by atoms with Gasteiger partial charge < -0.3 is 9.72 Å². The van der Waals surface area contributed by atoms with Crippen LogP contribution in [0.4, 0.5) is 0 Å². The summed E-state index contributed by atoms with van der Waals surface area (Å²) >= 11 is 6.32. The molecule has 0 saturated carbocycles. The van der Waals surface area contributed by atoms with Crippen molar-refractivity contribution < 1.29 is 13.2 Å². The quantitative estimate of drug-likeness (QED) is 0.413. The number of H-pyrrole nitrogens is 1. The molecule has 0 aliphatic carbocycles. The zero-order valence-corrected chi connectivity index (χ0v) is 20.6. The fourth-order valence-corrected chi connectivity index (χ4v) is 5.54. The number of halogens is 1. The summed E-state index contributed by atoms with van der Waals surface area (Å²) < 4.78 is 31.7. The summed E-state index contributed by atoms with van der Waals surface area (Å²) in [5.41, 5.74) is 3.22. The van der Waals surface area contributed by atoms with Crippen LogP contribution in [0.1, 0.15) is 23.6 Å². The van der Waals surface area contributed by atoms with E-state index in [9.17, 15) is 13.2 Å². The van der Waals surface area contributed by atoms with Crippen molar-refractivity contribution >= 4 is 38.2 Å². The maximum atomic E-state index is 13.4. The normalized spacial score (nSPS) is 15.9. The Morgan fingerprint density at radius 3 is 2.40 bits per heavy atom. The van der Waals surface area contributed by atoms with Gasteiger partial charge in [0.05, 0.1) is 30.7 Å². The van der Waals surface area contributed by atoms with Crippen LogP contribution >= 0.6 is 11.6 Å². The molecule has 5 rings (SSSR count). The average Bonchev–Trinajstić information content (AvgIpc) is 3.30. The molecule has 0 fully saturated rings. The number of aromatic amines is 1. The van der Waals surface area contributed by atoms with E-state index in [4.69, 9.17) is 16.3 Å². The molecule has 1 aliphatic rings. The molecule has 35 heavy (non-hydrogen) atoms. The molecule has 0 spiro atoms. The van der Waals surface area contributed by atoms with E-state index in [1.165, 1.54) is 0 Å². The highest BCUT2D eigenvalue weighted by atomic mass is 35.5. The largest absolute Gasteiger partial charge is 0.497 e. The lowest BCUT2D eigenvalue weighted by molar-refractivity contribution is 0.374. The van der Waals surface area contributed by atoms with Gasteiger partial charge in [0.1, 0.15) is 5.75 Å². The van der Waals surface area contributed by atoms with E-state index in [2.05, 4.69) is 10.1 Å². The summed E-state index contributed by atoms with van der Waals surface area (Å²) in [7, 11) is -2.15. The van der Waals surface area contributed by atoms with E-state index in [0.29, 0.717) is 33.1 Å². The molecule has 0 amide bonds. The van der Waals surface area contributed by atoms with Crippen LogP contribution < -0.4 is 10.3 Å². The van der Waals surface area contributed by atoms with Crippen LogP contribution in [-0.2, 0) is 10.0 Å². The van der Waals surface area contributed by atoms with Gasteiger partial charge in [-0.2, -0.15) is 9.52 Å². The number of hydrogen-bond acceptors (Lipinski definition) is 5. The minimum atomic E-state index is -3.71. The van der Waals surface area contributed by atoms with Crippen molar-refractivity contribution in [2.24, 2.45) is 5.10 Å². The summed E-state index contributed by atoms with van der Waals surface area (Å²) in [6.07, 6.45) is 1.34. The molecule has 1 atom stereocenters. The lowest BCUT2D eigenvalue weighted by Gasteiger charge is -2.21. The number of benzene rings is 3. The number of rotatable bonds is 5. The number of sulfonamides is 1. The minimum absolute atomic E-state index is 0.231. The van der Waals surface area contributed by atoms with Gasteiger partial charge in [0.25, 0.3) is 5.56 Å². The number of nitrogens with zero attached hydrogens (tertiary/aromatic N) is 2. The number of aromatic nitrogens is 1. The smallest absolute Gasteiger partial charge is 0.258 e. The predicted molar refractivity (Wildman–Crippen MR) is 139 cm³/mol. The molecule has 3 aromatic carbocycles. The lowest BCUT2D eigenvalue weighted by Crippen LogP contribution is -2.25. The number of hydrogen-bond donors (Lipinski definition) is 1. The number of methoxy groups -OCH3 is 1. The second kappa shape index (κ2) is 8.87. The molecular weight excluding hydrogens is 486 g/mol. The molecule has 0 saturated heterocycles. The van der Waals surface area contributed by atoms with Crippen molar-refractivity contribution in [3.05, 3.63) is 99.3 Å². The monoisotopic (exact) mass is 507 g/mol. The molecule has 1 N–H and O–H groups in total. The second-order valence-corrected chi connectivity index (χ2v) is 10.6. The predicted octanol–water partition coefficient (Wildman–Crippen LogP) is 4.97. The summed E-state index contributed by atoms with van der Waals surface area (Å²) in [5.74, 6) is 0.660. The summed E-state index contributed by atoms with van der Waals surface area (Å²) in [6.45, 7) is 0. The van der Waals surface area contributed by atoms with Crippen molar-refractivity contribution in [1.82, 2.24) is 9.40 Å². The van der Waals surface area contributed by atoms with Gasteiger partial charge in [-0.15, -0.1) is 0 Å². The Kier molecular flexibility index (Phi) is 5.86. The van der Waals surface area contributed by atoms with E-state index in [1.54, 1.807) is 37.4 Å². The molecule has 4 aromatic rings. The summed E-state index contributed by atoms with van der Waals surface area (Å²) in [6, 6.07) is 21.3. The standard InChI is InChI=1S/C26H22ClN3O4S/c1-34-19-11-8-16(9-12-19)23-15-22(29-30(23)35(2,32)33)25-24(17-6-4-3-5-7-17)20-14-18(27)10-13-21(20)28-26(25)31/h3-14,23H,15H2,1-2H3,(H,28,31). The zero-order chi connectivity index (χ0) is 24.7. The van der Waals surface area contributed by atoms with E-state index >= 15 is 0 Å². The van der Waals surface area contributed by atoms with E-state index in [0.717, 1.165) is 27.2 Å². The molecule has 2 heterocycles. The third kappa shape index (κ3) is 4.31. The Morgan fingerprint density at radius 2 is 1.74 bits per heavy atom. The van der Waals surface area contributed by atoms with Crippen molar-refractivity contribution in [2.75, 3.05) is 13.4 Å². The fraction of sp³-hybridized carbons (Fsp3) is 0.154. The SMILES string of the molecule is COc1ccc(C2CC(c3c(-c4ccccc4)c4cc(Cl)ccc4[nH]c3=O)=NN2S(C)(=O)=O)cc1. The number of pyridine rings is 1. The van der Waals surface area contributed by atoms with Crippen molar-refractivity contribution in [3.8, 4) is 16.9 Å². The highest BCUT2D eigenvalue weighted by Gasteiger charge is 2.36. The summed E-state index contributed by atoms with van der Waals surface area (Å²) in [5, 5.41) is 5.76. The van der Waals surface area contributed by atoms with Crippen molar-refractivity contribution in [2.45, 2.75) is 12.5 Å². The highest BCUT2D eigenvalue weighted by molar-refractivity contribution is 7.88. The van der Waals surface area contributed by atoms with E-state index in [-0.39, 0.29) is 12.0 Å². The Bertz CT molecular complexity index is 1610. The Hall–Kier alpha value is -3.62. The second-order valence-electron chi connectivity index (χ2n) is 8.34. The average molecular weight is 508 g/mol. The van der Waals surface area contributed by atoms with Gasteiger partial charge in [-0.1, -0.05) is 54.1 Å². The zero-order valence-electron chi connectivity index (χ0n) is 19.0.